The lowest BCUT2D eigenvalue weighted by atomic mass is 10.0. The number of nitro benzene ring substituents is 1. The lowest BCUT2D eigenvalue weighted by Gasteiger charge is -2.33. The number of non-ortho nitro benzene ring substituents is 1. The average molecular weight is 555 g/mol. The van der Waals surface area contributed by atoms with Crippen molar-refractivity contribution in [3.8, 4) is 5.75 Å². The number of sulfonamides is 1. The molecular weight excluding hydrogens is 524 g/mol. The molecule has 3 aromatic carbocycles. The summed E-state index contributed by atoms with van der Waals surface area (Å²) in [7, 11) is -1.37. The SMILES string of the molecule is CNC(=O)[C@H](Cc1ccccc1)N(Cc1ccccc1)C(=O)CN(c1cc([N+](=O)[O-])ccc1OC)S(C)(=O)=O. The Morgan fingerprint density at radius 1 is 1.00 bits per heavy atom. The van der Waals surface area contributed by atoms with Crippen LogP contribution >= 0.6 is 0 Å². The number of methoxy groups -OCH3 is 1. The van der Waals surface area contributed by atoms with Gasteiger partial charge in [0.2, 0.25) is 21.8 Å². The number of benzene rings is 3. The van der Waals surface area contributed by atoms with Crippen molar-refractivity contribution in [1.29, 1.82) is 0 Å². The van der Waals surface area contributed by atoms with Crippen LogP contribution in [0.1, 0.15) is 11.1 Å². The first kappa shape index (κ1) is 29.1. The number of ether oxygens (including phenoxy) is 1. The number of anilines is 1. The highest BCUT2D eigenvalue weighted by atomic mass is 32.2. The zero-order chi connectivity index (χ0) is 28.6. The molecular formula is C27H30N4O7S. The van der Waals surface area contributed by atoms with Gasteiger partial charge in [0.15, 0.2) is 0 Å². The summed E-state index contributed by atoms with van der Waals surface area (Å²) < 4.78 is 31.8. The first-order chi connectivity index (χ1) is 18.5. The van der Waals surface area contributed by atoms with E-state index in [1.165, 1.54) is 31.2 Å². The smallest absolute Gasteiger partial charge is 0.271 e. The van der Waals surface area contributed by atoms with Crippen LogP contribution in [0.3, 0.4) is 0 Å². The normalized spacial score (nSPS) is 11.8. The standard InChI is InChI=1S/C27H30N4O7S/c1-28-27(33)24(16-20-10-6-4-7-11-20)29(18-21-12-8-5-9-13-21)26(32)19-30(39(3,36)37)23-17-22(31(34)35)14-15-25(23)38-2/h4-15,17,24H,16,18-19H2,1-3H3,(H,28,33)/t24-/m0/s1. The summed E-state index contributed by atoms with van der Waals surface area (Å²) in [5.41, 5.74) is 0.992. The van der Waals surface area contributed by atoms with Crippen LogP contribution in [0, 0.1) is 10.1 Å². The molecule has 11 nitrogen and oxygen atoms in total. The van der Waals surface area contributed by atoms with Gasteiger partial charge in [0.05, 0.1) is 18.3 Å². The van der Waals surface area contributed by atoms with E-state index in [0.717, 1.165) is 27.8 Å². The van der Waals surface area contributed by atoms with Gasteiger partial charge in [0.1, 0.15) is 24.0 Å². The topological polar surface area (TPSA) is 139 Å². The molecule has 3 aromatic rings. The van der Waals surface area contributed by atoms with Gasteiger partial charge in [0.25, 0.3) is 5.69 Å². The molecule has 12 heteroatoms. The van der Waals surface area contributed by atoms with E-state index in [1.54, 1.807) is 24.3 Å². The summed E-state index contributed by atoms with van der Waals surface area (Å²) in [6, 6.07) is 20.6. The zero-order valence-corrected chi connectivity index (χ0v) is 22.6. The van der Waals surface area contributed by atoms with E-state index in [4.69, 9.17) is 4.74 Å². The molecule has 0 heterocycles. The number of hydrogen-bond donors (Lipinski definition) is 1. The summed E-state index contributed by atoms with van der Waals surface area (Å²) in [5.74, 6) is -1.08. The van der Waals surface area contributed by atoms with Crippen molar-refractivity contribution in [1.82, 2.24) is 10.2 Å². The van der Waals surface area contributed by atoms with E-state index in [9.17, 15) is 28.1 Å². The Kier molecular flexibility index (Phi) is 9.61. The molecule has 0 bridgehead atoms. The highest BCUT2D eigenvalue weighted by Crippen LogP contribution is 2.34. The molecule has 0 saturated heterocycles. The maximum absolute atomic E-state index is 13.9. The number of carbonyl (C=O) groups is 2. The first-order valence-corrected chi connectivity index (χ1v) is 13.8. The van der Waals surface area contributed by atoms with Crippen LogP contribution in [0.15, 0.2) is 78.9 Å². The monoisotopic (exact) mass is 554 g/mol. The fraction of sp³-hybridized carbons (Fsp3) is 0.259. The van der Waals surface area contributed by atoms with Gasteiger partial charge in [-0.2, -0.15) is 0 Å². The van der Waals surface area contributed by atoms with Crippen LogP contribution in [0.25, 0.3) is 0 Å². The van der Waals surface area contributed by atoms with Gasteiger partial charge >= 0.3 is 0 Å². The van der Waals surface area contributed by atoms with Crippen molar-refractivity contribution in [3.05, 3.63) is 100 Å². The Hall–Kier alpha value is -4.45. The summed E-state index contributed by atoms with van der Waals surface area (Å²) in [5, 5.41) is 14.0. The second kappa shape index (κ2) is 12.9. The predicted octanol–water partition coefficient (Wildman–Crippen LogP) is 2.76. The third-order valence-electron chi connectivity index (χ3n) is 6.03. The Balaban J connectivity index is 2.08. The molecule has 0 aliphatic heterocycles. The molecule has 1 N–H and O–H groups in total. The van der Waals surface area contributed by atoms with E-state index in [2.05, 4.69) is 5.32 Å². The number of carbonyl (C=O) groups excluding carboxylic acids is 2. The van der Waals surface area contributed by atoms with Gasteiger partial charge in [-0.1, -0.05) is 60.7 Å². The first-order valence-electron chi connectivity index (χ1n) is 11.9. The Bertz CT molecular complexity index is 1420. The van der Waals surface area contributed by atoms with Crippen molar-refractivity contribution in [2.24, 2.45) is 0 Å². The molecule has 0 spiro atoms. The molecule has 0 aliphatic carbocycles. The second-order valence-electron chi connectivity index (χ2n) is 8.71. The van der Waals surface area contributed by atoms with Crippen LogP contribution in [-0.4, -0.2) is 63.1 Å². The highest BCUT2D eigenvalue weighted by molar-refractivity contribution is 7.92. The molecule has 3 rings (SSSR count). The van der Waals surface area contributed by atoms with E-state index < -0.39 is 39.3 Å². The lowest BCUT2D eigenvalue weighted by molar-refractivity contribution is -0.384. The van der Waals surface area contributed by atoms with Crippen molar-refractivity contribution in [3.63, 3.8) is 0 Å². The average Bonchev–Trinajstić information content (AvgIpc) is 2.93. The van der Waals surface area contributed by atoms with Crippen molar-refractivity contribution in [2.45, 2.75) is 19.0 Å². The predicted molar refractivity (Wildman–Crippen MR) is 147 cm³/mol. The summed E-state index contributed by atoms with van der Waals surface area (Å²) in [6.07, 6.45) is 1.07. The van der Waals surface area contributed by atoms with Crippen molar-refractivity contribution >= 4 is 33.2 Å². The molecule has 0 unspecified atom stereocenters. The summed E-state index contributed by atoms with van der Waals surface area (Å²) in [4.78, 5) is 39.1. The van der Waals surface area contributed by atoms with Crippen LogP contribution < -0.4 is 14.4 Å². The second-order valence-corrected chi connectivity index (χ2v) is 10.6. The quantitative estimate of drug-likeness (QED) is 0.268. The number of nitro groups is 1. The molecule has 0 aliphatic rings. The number of nitrogens with one attached hydrogen (secondary N) is 1. The molecule has 1 atom stereocenters. The minimum atomic E-state index is -4.12. The minimum Gasteiger partial charge on any atom is -0.495 e. The molecule has 39 heavy (non-hydrogen) atoms. The van der Waals surface area contributed by atoms with Gasteiger partial charge in [-0.3, -0.25) is 24.0 Å². The fourth-order valence-electron chi connectivity index (χ4n) is 4.08. The minimum absolute atomic E-state index is 0.0221. The highest BCUT2D eigenvalue weighted by Gasteiger charge is 2.33. The largest absolute Gasteiger partial charge is 0.495 e. The Morgan fingerprint density at radius 2 is 1.59 bits per heavy atom. The number of rotatable bonds is 12. The van der Waals surface area contributed by atoms with Gasteiger partial charge in [0, 0.05) is 32.1 Å². The fourth-order valence-corrected chi connectivity index (χ4v) is 4.93. The van der Waals surface area contributed by atoms with E-state index in [-0.39, 0.29) is 30.1 Å². The van der Waals surface area contributed by atoms with E-state index in [0.29, 0.717) is 0 Å². The van der Waals surface area contributed by atoms with Gasteiger partial charge in [-0.25, -0.2) is 8.42 Å². The van der Waals surface area contributed by atoms with Gasteiger partial charge < -0.3 is 15.0 Å². The van der Waals surface area contributed by atoms with E-state index >= 15 is 0 Å². The Morgan fingerprint density at radius 3 is 2.10 bits per heavy atom. The molecule has 0 radical (unpaired) electrons. The van der Waals surface area contributed by atoms with Crippen LogP contribution in [-0.2, 0) is 32.6 Å². The molecule has 0 saturated carbocycles. The lowest BCUT2D eigenvalue weighted by Crippen LogP contribution is -2.52. The molecule has 0 aromatic heterocycles. The number of likely N-dealkylation sites (N-methyl/N-ethyl adjacent to an activating group) is 1. The number of nitrogens with zero attached hydrogens (tertiary/aromatic N) is 3. The summed E-state index contributed by atoms with van der Waals surface area (Å²) in [6.45, 7) is -0.695. The number of amides is 2. The van der Waals surface area contributed by atoms with E-state index in [1.807, 2.05) is 36.4 Å². The maximum Gasteiger partial charge on any atom is 0.271 e. The molecule has 206 valence electrons. The Labute approximate surface area is 227 Å². The number of hydrogen-bond acceptors (Lipinski definition) is 7. The van der Waals surface area contributed by atoms with Gasteiger partial charge in [-0.05, 0) is 17.2 Å². The van der Waals surface area contributed by atoms with Crippen LogP contribution in [0.5, 0.6) is 5.75 Å². The maximum atomic E-state index is 13.9. The van der Waals surface area contributed by atoms with Crippen molar-refractivity contribution in [2.75, 3.05) is 31.3 Å². The van der Waals surface area contributed by atoms with Crippen molar-refractivity contribution < 1.29 is 27.7 Å². The van der Waals surface area contributed by atoms with Crippen LogP contribution in [0.2, 0.25) is 0 Å². The molecule has 2 amide bonds. The third kappa shape index (κ3) is 7.54. The van der Waals surface area contributed by atoms with Gasteiger partial charge in [-0.15, -0.1) is 0 Å². The molecule has 0 fully saturated rings. The van der Waals surface area contributed by atoms with Crippen LogP contribution in [0.4, 0.5) is 11.4 Å². The zero-order valence-electron chi connectivity index (χ0n) is 21.8. The summed E-state index contributed by atoms with van der Waals surface area (Å²) >= 11 is 0. The third-order valence-corrected chi connectivity index (χ3v) is 7.16.